The molecule has 0 unspecified atom stereocenters. The number of amides is 1. The number of nitro benzene ring substituents is 1. The van der Waals surface area contributed by atoms with E-state index in [4.69, 9.17) is 0 Å². The first-order valence-electron chi connectivity index (χ1n) is 9.12. The molecule has 3 rings (SSSR count). The molecule has 0 fully saturated rings. The van der Waals surface area contributed by atoms with E-state index >= 15 is 0 Å². The van der Waals surface area contributed by atoms with Gasteiger partial charge in [0.25, 0.3) is 5.69 Å². The molecule has 0 bridgehead atoms. The quantitative estimate of drug-likeness (QED) is 0.285. The smallest absolute Gasteiger partial charge is 0.269 e. The maximum atomic E-state index is 12.7. The Bertz CT molecular complexity index is 1220. The molecule has 1 N–H and O–H groups in total. The van der Waals surface area contributed by atoms with Crippen molar-refractivity contribution in [2.24, 2.45) is 0 Å². The molecule has 1 heterocycles. The lowest BCUT2D eigenvalue weighted by Crippen LogP contribution is -2.11. The van der Waals surface area contributed by atoms with Crippen LogP contribution in [0.1, 0.15) is 17.5 Å². The standard InChI is InChI=1S/C20H19N3O5S3/c1-13-3-6-16(11-14(13)2)29-10-9-18(24)22-20-21-12-19(30-20)31(27,28)17-7-4-15(5-8-17)23(25)26/h3-8,11-12H,9-10H2,1-2H3,(H,21,22,24). The number of hydrogen-bond acceptors (Lipinski definition) is 8. The van der Waals surface area contributed by atoms with Crippen LogP contribution in [0.5, 0.6) is 0 Å². The number of non-ortho nitro benzene ring substituents is 1. The van der Waals surface area contributed by atoms with Crippen LogP contribution in [0.25, 0.3) is 0 Å². The third-order valence-corrected chi connectivity index (χ3v) is 8.57. The van der Waals surface area contributed by atoms with Crippen LogP contribution in [0.4, 0.5) is 10.8 Å². The van der Waals surface area contributed by atoms with Gasteiger partial charge in [-0.2, -0.15) is 0 Å². The van der Waals surface area contributed by atoms with E-state index in [1.165, 1.54) is 29.5 Å². The van der Waals surface area contributed by atoms with Gasteiger partial charge in [-0.15, -0.1) is 11.8 Å². The lowest BCUT2D eigenvalue weighted by Gasteiger charge is -2.05. The van der Waals surface area contributed by atoms with Gasteiger partial charge < -0.3 is 5.32 Å². The number of nitro groups is 1. The summed E-state index contributed by atoms with van der Waals surface area (Å²) < 4.78 is 25.3. The highest BCUT2D eigenvalue weighted by Crippen LogP contribution is 2.29. The molecule has 0 atom stereocenters. The summed E-state index contributed by atoms with van der Waals surface area (Å²) in [6.07, 6.45) is 1.42. The fourth-order valence-corrected chi connectivity index (χ4v) is 5.95. The van der Waals surface area contributed by atoms with Gasteiger partial charge in [0.05, 0.1) is 16.0 Å². The molecular formula is C20H19N3O5S3. The van der Waals surface area contributed by atoms with Crippen molar-refractivity contribution in [3.05, 3.63) is 69.9 Å². The fraction of sp³-hybridized carbons (Fsp3) is 0.200. The Morgan fingerprint density at radius 1 is 1.16 bits per heavy atom. The molecule has 1 aromatic heterocycles. The summed E-state index contributed by atoms with van der Waals surface area (Å²) >= 11 is 2.41. The van der Waals surface area contributed by atoms with E-state index in [0.717, 1.165) is 28.4 Å². The summed E-state index contributed by atoms with van der Waals surface area (Å²) in [6.45, 7) is 4.08. The molecule has 2 aromatic carbocycles. The van der Waals surface area contributed by atoms with Crippen LogP contribution in [0.15, 0.2) is 62.7 Å². The second-order valence-electron chi connectivity index (χ2n) is 6.63. The molecule has 31 heavy (non-hydrogen) atoms. The highest BCUT2D eigenvalue weighted by Gasteiger charge is 2.22. The van der Waals surface area contributed by atoms with Crippen LogP contribution in [-0.4, -0.2) is 30.0 Å². The SMILES string of the molecule is Cc1ccc(SCCC(=O)Nc2ncc(S(=O)(=O)c3ccc([N+](=O)[O-])cc3)s2)cc1C. The number of benzene rings is 2. The topological polar surface area (TPSA) is 119 Å². The maximum absolute atomic E-state index is 12.7. The van der Waals surface area contributed by atoms with Gasteiger partial charge in [-0.3, -0.25) is 14.9 Å². The first-order chi connectivity index (χ1) is 14.7. The van der Waals surface area contributed by atoms with Gasteiger partial charge in [0.2, 0.25) is 15.7 Å². The van der Waals surface area contributed by atoms with Crippen LogP contribution in [0.2, 0.25) is 0 Å². The predicted octanol–water partition coefficient (Wildman–Crippen LogP) is 4.62. The van der Waals surface area contributed by atoms with Crippen molar-refractivity contribution in [2.45, 2.75) is 34.3 Å². The molecule has 0 saturated heterocycles. The number of thioether (sulfide) groups is 1. The largest absolute Gasteiger partial charge is 0.302 e. The van der Waals surface area contributed by atoms with Gasteiger partial charge in [-0.1, -0.05) is 17.4 Å². The molecule has 0 aliphatic heterocycles. The molecule has 162 valence electrons. The third kappa shape index (κ3) is 5.69. The Balaban J connectivity index is 1.58. The monoisotopic (exact) mass is 477 g/mol. The second-order valence-corrected chi connectivity index (χ2v) is 11.0. The van der Waals surface area contributed by atoms with Crippen molar-refractivity contribution in [2.75, 3.05) is 11.1 Å². The highest BCUT2D eigenvalue weighted by atomic mass is 32.2. The van der Waals surface area contributed by atoms with Gasteiger partial charge in [-0.25, -0.2) is 13.4 Å². The van der Waals surface area contributed by atoms with Crippen molar-refractivity contribution in [1.82, 2.24) is 4.98 Å². The average Bonchev–Trinajstić information content (AvgIpc) is 3.20. The fourth-order valence-electron chi connectivity index (χ4n) is 2.55. The Kier molecular flexibility index (Phi) is 7.08. The number of thiazole rings is 1. The molecule has 1 amide bonds. The van der Waals surface area contributed by atoms with Gasteiger partial charge in [0.1, 0.15) is 4.21 Å². The zero-order valence-electron chi connectivity index (χ0n) is 16.7. The molecule has 0 spiro atoms. The third-order valence-electron chi connectivity index (χ3n) is 4.43. The predicted molar refractivity (Wildman–Crippen MR) is 121 cm³/mol. The molecule has 8 nitrogen and oxygen atoms in total. The molecular weight excluding hydrogens is 458 g/mol. The lowest BCUT2D eigenvalue weighted by molar-refractivity contribution is -0.384. The van der Waals surface area contributed by atoms with E-state index in [0.29, 0.717) is 5.75 Å². The van der Waals surface area contributed by atoms with Gasteiger partial charge in [0.15, 0.2) is 5.13 Å². The van der Waals surface area contributed by atoms with Crippen molar-refractivity contribution in [3.8, 4) is 0 Å². The summed E-state index contributed by atoms with van der Waals surface area (Å²) in [7, 11) is -3.88. The van der Waals surface area contributed by atoms with Gasteiger partial charge in [0, 0.05) is 29.2 Å². The maximum Gasteiger partial charge on any atom is 0.269 e. The number of rotatable bonds is 8. The minimum atomic E-state index is -3.88. The number of aromatic nitrogens is 1. The Morgan fingerprint density at radius 2 is 1.87 bits per heavy atom. The number of anilines is 1. The van der Waals surface area contributed by atoms with Crippen LogP contribution in [0, 0.1) is 24.0 Å². The Morgan fingerprint density at radius 3 is 2.52 bits per heavy atom. The number of nitrogens with zero attached hydrogens (tertiary/aromatic N) is 2. The minimum Gasteiger partial charge on any atom is -0.302 e. The zero-order valence-corrected chi connectivity index (χ0v) is 19.1. The lowest BCUT2D eigenvalue weighted by atomic mass is 10.1. The van der Waals surface area contributed by atoms with Crippen molar-refractivity contribution >= 4 is 49.7 Å². The number of aryl methyl sites for hydroxylation is 2. The number of sulfone groups is 1. The van der Waals surface area contributed by atoms with Crippen LogP contribution in [0.3, 0.4) is 0 Å². The summed E-state index contributed by atoms with van der Waals surface area (Å²) in [5, 5.41) is 13.5. The van der Waals surface area contributed by atoms with E-state index in [1.807, 2.05) is 26.0 Å². The summed E-state index contributed by atoms with van der Waals surface area (Å²) in [5.41, 5.74) is 2.21. The molecule has 0 saturated carbocycles. The van der Waals surface area contributed by atoms with Crippen molar-refractivity contribution in [1.29, 1.82) is 0 Å². The molecule has 3 aromatic rings. The van der Waals surface area contributed by atoms with Crippen LogP contribution >= 0.6 is 23.1 Å². The van der Waals surface area contributed by atoms with E-state index in [2.05, 4.69) is 16.4 Å². The normalized spacial score (nSPS) is 11.3. The minimum absolute atomic E-state index is 0.0545. The van der Waals surface area contributed by atoms with E-state index in [1.54, 1.807) is 11.8 Å². The summed E-state index contributed by atoms with van der Waals surface area (Å²) in [5.74, 6) is 0.318. The second kappa shape index (κ2) is 9.58. The average molecular weight is 478 g/mol. The van der Waals surface area contributed by atoms with E-state index < -0.39 is 14.8 Å². The van der Waals surface area contributed by atoms with Gasteiger partial charge in [-0.05, 0) is 49.2 Å². The Labute approximate surface area is 187 Å². The summed E-state index contributed by atoms with van der Waals surface area (Å²) in [6, 6.07) is 10.7. The highest BCUT2D eigenvalue weighted by molar-refractivity contribution is 7.99. The molecule has 11 heteroatoms. The van der Waals surface area contributed by atoms with E-state index in [-0.39, 0.29) is 32.3 Å². The molecule has 0 aliphatic carbocycles. The Hall–Kier alpha value is -2.76. The summed E-state index contributed by atoms with van der Waals surface area (Å²) in [4.78, 5) is 27.3. The number of carbonyl (C=O) groups is 1. The molecule has 0 aliphatic rings. The number of carbonyl (C=O) groups excluding carboxylic acids is 1. The number of nitrogens with one attached hydrogen (secondary N) is 1. The van der Waals surface area contributed by atoms with Crippen molar-refractivity contribution < 1.29 is 18.1 Å². The van der Waals surface area contributed by atoms with Crippen LogP contribution < -0.4 is 5.32 Å². The van der Waals surface area contributed by atoms with Crippen molar-refractivity contribution in [3.63, 3.8) is 0 Å². The zero-order chi connectivity index (χ0) is 22.6. The first kappa shape index (κ1) is 22.9. The first-order valence-corrected chi connectivity index (χ1v) is 12.4. The number of hydrogen-bond donors (Lipinski definition) is 1. The molecule has 0 radical (unpaired) electrons. The van der Waals surface area contributed by atoms with E-state index in [9.17, 15) is 23.3 Å². The van der Waals surface area contributed by atoms with Gasteiger partial charge >= 0.3 is 0 Å². The van der Waals surface area contributed by atoms with Crippen LogP contribution in [-0.2, 0) is 14.6 Å².